The van der Waals surface area contributed by atoms with Crippen molar-refractivity contribution in [2.45, 2.75) is 18.8 Å². The van der Waals surface area contributed by atoms with Gasteiger partial charge in [-0.1, -0.05) is 36.4 Å². The van der Waals surface area contributed by atoms with Crippen LogP contribution in [0.25, 0.3) is 5.69 Å². The molecule has 1 heterocycles. The van der Waals surface area contributed by atoms with E-state index in [1.807, 2.05) is 66.7 Å². The zero-order chi connectivity index (χ0) is 17.8. The van der Waals surface area contributed by atoms with Gasteiger partial charge in [-0.15, -0.1) is 0 Å². The van der Waals surface area contributed by atoms with Crippen LogP contribution in [0.5, 0.6) is 5.75 Å². The van der Waals surface area contributed by atoms with Gasteiger partial charge < -0.3 is 10.1 Å². The van der Waals surface area contributed by atoms with Crippen molar-refractivity contribution in [3.63, 3.8) is 0 Å². The van der Waals surface area contributed by atoms with Gasteiger partial charge in [-0.25, -0.2) is 4.68 Å². The predicted octanol–water partition coefficient (Wildman–Crippen LogP) is 3.56. The molecule has 1 aliphatic rings. The Kier molecular flexibility index (Phi) is 4.69. The molecule has 26 heavy (non-hydrogen) atoms. The van der Waals surface area contributed by atoms with E-state index in [1.54, 1.807) is 4.68 Å². The summed E-state index contributed by atoms with van der Waals surface area (Å²) < 4.78 is 7.36. The van der Waals surface area contributed by atoms with E-state index >= 15 is 0 Å². The fraction of sp³-hybridized carbons (Fsp3) is 0.238. The van der Waals surface area contributed by atoms with Crippen molar-refractivity contribution in [3.05, 3.63) is 78.1 Å². The summed E-state index contributed by atoms with van der Waals surface area (Å²) in [5, 5.41) is 7.59. The number of hydrogen-bond donors (Lipinski definition) is 1. The van der Waals surface area contributed by atoms with Gasteiger partial charge in [0, 0.05) is 5.92 Å². The molecule has 0 spiro atoms. The van der Waals surface area contributed by atoms with E-state index in [0.29, 0.717) is 24.8 Å². The van der Waals surface area contributed by atoms with E-state index in [4.69, 9.17) is 4.74 Å². The third-order valence-electron chi connectivity index (χ3n) is 4.36. The first-order chi connectivity index (χ1) is 12.8. The molecular weight excluding hydrogens is 326 g/mol. The Bertz CT molecular complexity index is 871. The second kappa shape index (κ2) is 7.44. The average Bonchev–Trinajstić information content (AvgIpc) is 3.45. The zero-order valence-electron chi connectivity index (χ0n) is 14.5. The molecule has 2 aromatic carbocycles. The van der Waals surface area contributed by atoms with E-state index < -0.39 is 0 Å². The molecule has 4 rings (SSSR count). The van der Waals surface area contributed by atoms with Gasteiger partial charge in [0.25, 0.3) is 5.91 Å². The molecule has 1 amide bonds. The van der Waals surface area contributed by atoms with Crippen molar-refractivity contribution in [2.24, 2.45) is 0 Å². The lowest BCUT2D eigenvalue weighted by molar-refractivity contribution is 0.0939. The highest BCUT2D eigenvalue weighted by Crippen LogP contribution is 2.39. The van der Waals surface area contributed by atoms with Gasteiger partial charge in [-0.2, -0.15) is 5.10 Å². The Morgan fingerprint density at radius 3 is 2.46 bits per heavy atom. The second-order valence-corrected chi connectivity index (χ2v) is 6.39. The van der Waals surface area contributed by atoms with Crippen LogP contribution in [0.2, 0.25) is 0 Å². The fourth-order valence-electron chi connectivity index (χ4n) is 2.85. The molecule has 0 unspecified atom stereocenters. The van der Waals surface area contributed by atoms with Crippen LogP contribution in [0.15, 0.2) is 66.7 Å². The molecule has 0 atom stereocenters. The second-order valence-electron chi connectivity index (χ2n) is 6.39. The number of carbonyl (C=O) groups excluding carboxylic acids is 1. The lowest BCUT2D eigenvalue weighted by Gasteiger charge is -2.09. The van der Waals surface area contributed by atoms with Crippen LogP contribution in [0.3, 0.4) is 0 Å². The molecule has 0 bridgehead atoms. The molecule has 0 saturated heterocycles. The maximum atomic E-state index is 12.7. The molecule has 1 saturated carbocycles. The quantitative estimate of drug-likeness (QED) is 0.665. The predicted molar refractivity (Wildman–Crippen MR) is 99.8 cm³/mol. The Balaban J connectivity index is 1.43. The molecule has 5 heteroatoms. The minimum absolute atomic E-state index is 0.134. The first-order valence-electron chi connectivity index (χ1n) is 8.93. The number of ether oxygens (including phenoxy) is 1. The lowest BCUT2D eigenvalue weighted by Crippen LogP contribution is -2.29. The van der Waals surface area contributed by atoms with Gasteiger partial charge in [0.2, 0.25) is 0 Å². The van der Waals surface area contributed by atoms with Crippen LogP contribution in [-0.4, -0.2) is 28.8 Å². The van der Waals surface area contributed by atoms with Crippen molar-refractivity contribution >= 4 is 5.91 Å². The number of carbonyl (C=O) groups is 1. The first kappa shape index (κ1) is 16.4. The Hall–Kier alpha value is -3.08. The number of nitrogens with one attached hydrogen (secondary N) is 1. The molecule has 0 radical (unpaired) electrons. The molecule has 3 aromatic rings. The molecule has 1 N–H and O–H groups in total. The fourth-order valence-corrected chi connectivity index (χ4v) is 2.85. The van der Waals surface area contributed by atoms with Crippen LogP contribution >= 0.6 is 0 Å². The van der Waals surface area contributed by atoms with E-state index in [0.717, 1.165) is 30.0 Å². The summed E-state index contributed by atoms with van der Waals surface area (Å²) in [6, 6.07) is 21.3. The minimum Gasteiger partial charge on any atom is -0.492 e. The number of hydrogen-bond acceptors (Lipinski definition) is 3. The molecule has 132 valence electrons. The maximum Gasteiger partial charge on any atom is 0.270 e. The van der Waals surface area contributed by atoms with E-state index in [9.17, 15) is 4.79 Å². The summed E-state index contributed by atoms with van der Waals surface area (Å²) in [6.45, 7) is 0.858. The number of nitrogens with zero attached hydrogens (tertiary/aromatic N) is 2. The number of amides is 1. The number of rotatable bonds is 7. The van der Waals surface area contributed by atoms with E-state index in [2.05, 4.69) is 10.4 Å². The smallest absolute Gasteiger partial charge is 0.270 e. The average molecular weight is 347 g/mol. The summed E-state index contributed by atoms with van der Waals surface area (Å²) >= 11 is 0. The zero-order valence-corrected chi connectivity index (χ0v) is 14.5. The lowest BCUT2D eigenvalue weighted by atomic mass is 10.2. The van der Waals surface area contributed by atoms with Crippen LogP contribution in [0.1, 0.15) is 34.9 Å². The standard InChI is InChI=1S/C21H21N3O2/c25-21(22-13-14-26-18-9-5-2-6-10-18)20-15-19(16-11-12-16)23-24(20)17-7-3-1-4-8-17/h1-10,15-16H,11-14H2,(H,22,25). The molecular formula is C21H21N3O2. The highest BCUT2D eigenvalue weighted by Gasteiger charge is 2.28. The number of aromatic nitrogens is 2. The monoisotopic (exact) mass is 347 g/mol. The Morgan fingerprint density at radius 2 is 1.77 bits per heavy atom. The number of para-hydroxylation sites is 2. The van der Waals surface area contributed by atoms with E-state index in [1.165, 1.54) is 0 Å². The Morgan fingerprint density at radius 1 is 1.08 bits per heavy atom. The summed E-state index contributed by atoms with van der Waals surface area (Å²) in [7, 11) is 0. The van der Waals surface area contributed by atoms with Gasteiger partial charge in [0.1, 0.15) is 18.1 Å². The molecule has 1 aromatic heterocycles. The number of benzene rings is 2. The van der Waals surface area contributed by atoms with Gasteiger partial charge >= 0.3 is 0 Å². The Labute approximate surface area is 152 Å². The van der Waals surface area contributed by atoms with Crippen molar-refractivity contribution < 1.29 is 9.53 Å². The van der Waals surface area contributed by atoms with Crippen molar-refractivity contribution in [2.75, 3.05) is 13.2 Å². The van der Waals surface area contributed by atoms with Gasteiger partial charge in [-0.05, 0) is 43.2 Å². The third kappa shape index (κ3) is 3.77. The SMILES string of the molecule is O=C(NCCOc1ccccc1)c1cc(C2CC2)nn1-c1ccccc1. The van der Waals surface area contributed by atoms with E-state index in [-0.39, 0.29) is 5.91 Å². The topological polar surface area (TPSA) is 56.1 Å². The maximum absolute atomic E-state index is 12.7. The molecule has 1 aliphatic carbocycles. The van der Waals surface area contributed by atoms with Gasteiger partial charge in [0.05, 0.1) is 17.9 Å². The van der Waals surface area contributed by atoms with Crippen molar-refractivity contribution in [1.29, 1.82) is 0 Å². The summed E-state index contributed by atoms with van der Waals surface area (Å²) in [4.78, 5) is 12.7. The van der Waals surface area contributed by atoms with Crippen LogP contribution < -0.4 is 10.1 Å². The van der Waals surface area contributed by atoms with Gasteiger partial charge in [0.15, 0.2) is 0 Å². The highest BCUT2D eigenvalue weighted by molar-refractivity contribution is 5.93. The van der Waals surface area contributed by atoms with Gasteiger partial charge in [-0.3, -0.25) is 4.79 Å². The molecule has 1 fully saturated rings. The van der Waals surface area contributed by atoms with Crippen LogP contribution in [-0.2, 0) is 0 Å². The highest BCUT2D eigenvalue weighted by atomic mass is 16.5. The normalized spacial score (nSPS) is 13.4. The van der Waals surface area contributed by atoms with Crippen LogP contribution in [0.4, 0.5) is 0 Å². The summed E-state index contributed by atoms with van der Waals surface area (Å²) in [6.07, 6.45) is 2.30. The molecule has 5 nitrogen and oxygen atoms in total. The van der Waals surface area contributed by atoms with Crippen molar-refractivity contribution in [3.8, 4) is 11.4 Å². The first-order valence-corrected chi connectivity index (χ1v) is 8.93. The molecule has 0 aliphatic heterocycles. The summed E-state index contributed by atoms with van der Waals surface area (Å²) in [5.41, 5.74) is 2.46. The van der Waals surface area contributed by atoms with Crippen molar-refractivity contribution in [1.82, 2.24) is 15.1 Å². The minimum atomic E-state index is -0.134. The largest absolute Gasteiger partial charge is 0.492 e. The summed E-state index contributed by atoms with van der Waals surface area (Å²) in [5.74, 6) is 1.16. The third-order valence-corrected chi connectivity index (χ3v) is 4.36. The van der Waals surface area contributed by atoms with Crippen LogP contribution in [0, 0.1) is 0 Å².